The van der Waals surface area contributed by atoms with Crippen molar-refractivity contribution < 1.29 is 4.79 Å². The lowest BCUT2D eigenvalue weighted by Gasteiger charge is -2.22. The predicted octanol–water partition coefficient (Wildman–Crippen LogP) is 4.40. The normalized spacial score (nSPS) is 13.3. The van der Waals surface area contributed by atoms with Gasteiger partial charge in [-0.2, -0.15) is 0 Å². The molecule has 0 N–H and O–H groups in total. The SMILES string of the molecule is CCN(C(=O)CSc1nnc(-c2cccnc2)n1Cc1ccccc1)C1=CCCC1. The molecule has 7 heteroatoms. The maximum Gasteiger partial charge on any atom is 0.237 e. The van der Waals surface area contributed by atoms with Crippen molar-refractivity contribution in [3.05, 3.63) is 72.2 Å². The Morgan fingerprint density at radius 2 is 2.03 bits per heavy atom. The van der Waals surface area contributed by atoms with E-state index in [1.807, 2.05) is 42.2 Å². The molecule has 0 saturated carbocycles. The summed E-state index contributed by atoms with van der Waals surface area (Å²) in [5.41, 5.74) is 3.22. The van der Waals surface area contributed by atoms with E-state index in [4.69, 9.17) is 0 Å². The van der Waals surface area contributed by atoms with Crippen LogP contribution in [0.3, 0.4) is 0 Å². The molecule has 0 bridgehead atoms. The fourth-order valence-corrected chi connectivity index (χ4v) is 4.47. The average molecular weight is 420 g/mol. The van der Waals surface area contributed by atoms with Crippen LogP contribution in [-0.4, -0.2) is 42.9 Å². The van der Waals surface area contributed by atoms with Crippen LogP contribution >= 0.6 is 11.8 Å². The number of hydrogen-bond acceptors (Lipinski definition) is 5. The zero-order chi connectivity index (χ0) is 20.8. The molecule has 0 saturated heterocycles. The molecule has 2 aromatic heterocycles. The number of benzene rings is 1. The summed E-state index contributed by atoms with van der Waals surface area (Å²) in [5.74, 6) is 1.21. The standard InChI is InChI=1S/C23H25N5OS/c1-2-27(20-12-6-7-13-20)21(29)17-30-23-26-25-22(19-11-8-14-24-15-19)28(23)16-18-9-4-3-5-10-18/h3-5,8-12,14-15H,2,6-7,13,16-17H2,1H3. The van der Waals surface area contributed by atoms with Crippen molar-refractivity contribution in [1.29, 1.82) is 0 Å². The van der Waals surface area contributed by atoms with Crippen LogP contribution in [0.2, 0.25) is 0 Å². The van der Waals surface area contributed by atoms with Crippen molar-refractivity contribution in [3.63, 3.8) is 0 Å². The highest BCUT2D eigenvalue weighted by molar-refractivity contribution is 7.99. The molecule has 3 aromatic rings. The number of carbonyl (C=O) groups is 1. The number of hydrogen-bond donors (Lipinski definition) is 0. The molecule has 2 heterocycles. The van der Waals surface area contributed by atoms with E-state index in [1.165, 1.54) is 11.8 Å². The highest BCUT2D eigenvalue weighted by atomic mass is 32.2. The van der Waals surface area contributed by atoms with Gasteiger partial charge in [-0.1, -0.05) is 48.2 Å². The van der Waals surface area contributed by atoms with Gasteiger partial charge in [0.05, 0.1) is 12.3 Å². The van der Waals surface area contributed by atoms with Crippen molar-refractivity contribution in [2.24, 2.45) is 0 Å². The van der Waals surface area contributed by atoms with Gasteiger partial charge in [0.2, 0.25) is 5.91 Å². The van der Waals surface area contributed by atoms with E-state index < -0.39 is 0 Å². The second-order valence-corrected chi connectivity index (χ2v) is 8.08. The summed E-state index contributed by atoms with van der Waals surface area (Å²) < 4.78 is 2.06. The lowest BCUT2D eigenvalue weighted by Crippen LogP contribution is -2.31. The Morgan fingerprint density at radius 1 is 1.17 bits per heavy atom. The van der Waals surface area contributed by atoms with Crippen LogP contribution in [-0.2, 0) is 11.3 Å². The van der Waals surface area contributed by atoms with Crippen molar-refractivity contribution in [1.82, 2.24) is 24.6 Å². The van der Waals surface area contributed by atoms with Gasteiger partial charge in [0.25, 0.3) is 0 Å². The van der Waals surface area contributed by atoms with Gasteiger partial charge in [0.15, 0.2) is 11.0 Å². The van der Waals surface area contributed by atoms with E-state index >= 15 is 0 Å². The van der Waals surface area contributed by atoms with Crippen LogP contribution in [0, 0.1) is 0 Å². The number of aromatic nitrogens is 4. The highest BCUT2D eigenvalue weighted by Crippen LogP contribution is 2.27. The minimum Gasteiger partial charge on any atom is -0.316 e. The van der Waals surface area contributed by atoms with Crippen LogP contribution in [0.5, 0.6) is 0 Å². The lowest BCUT2D eigenvalue weighted by atomic mass is 10.2. The fourth-order valence-electron chi connectivity index (χ4n) is 3.66. The van der Waals surface area contributed by atoms with Crippen LogP contribution in [0.25, 0.3) is 11.4 Å². The molecule has 154 valence electrons. The third-order valence-electron chi connectivity index (χ3n) is 5.13. The number of carbonyl (C=O) groups excluding carboxylic acids is 1. The molecule has 4 rings (SSSR count). The summed E-state index contributed by atoms with van der Waals surface area (Å²) in [7, 11) is 0. The Labute approximate surface area is 181 Å². The molecule has 1 aliphatic rings. The van der Waals surface area contributed by atoms with Crippen LogP contribution in [0.1, 0.15) is 31.7 Å². The van der Waals surface area contributed by atoms with Crippen molar-refractivity contribution >= 4 is 17.7 Å². The number of amides is 1. The largest absolute Gasteiger partial charge is 0.316 e. The first-order valence-electron chi connectivity index (χ1n) is 10.3. The van der Waals surface area contributed by atoms with E-state index in [2.05, 4.69) is 38.0 Å². The molecular weight excluding hydrogens is 394 g/mol. The van der Waals surface area contributed by atoms with Gasteiger partial charge < -0.3 is 4.90 Å². The summed E-state index contributed by atoms with van der Waals surface area (Å²) >= 11 is 1.44. The molecular formula is C23H25N5OS. The minimum absolute atomic E-state index is 0.118. The Balaban J connectivity index is 1.56. The summed E-state index contributed by atoms with van der Waals surface area (Å²) in [6.07, 6.45) is 8.89. The number of thioether (sulfide) groups is 1. The molecule has 0 aliphatic heterocycles. The van der Waals surface area contributed by atoms with E-state index in [9.17, 15) is 4.79 Å². The highest BCUT2D eigenvalue weighted by Gasteiger charge is 2.21. The number of allylic oxidation sites excluding steroid dienone is 2. The molecule has 0 spiro atoms. The first-order chi connectivity index (χ1) is 14.8. The summed E-state index contributed by atoms with van der Waals surface area (Å²) in [6.45, 7) is 3.36. The fraction of sp³-hybridized carbons (Fsp3) is 0.304. The smallest absolute Gasteiger partial charge is 0.237 e. The predicted molar refractivity (Wildman–Crippen MR) is 119 cm³/mol. The Bertz CT molecular complexity index is 1020. The zero-order valence-electron chi connectivity index (χ0n) is 17.1. The van der Waals surface area contributed by atoms with E-state index in [0.717, 1.165) is 47.1 Å². The number of rotatable bonds is 8. The van der Waals surface area contributed by atoms with E-state index in [1.54, 1.807) is 12.4 Å². The van der Waals surface area contributed by atoms with Gasteiger partial charge in [-0.3, -0.25) is 14.3 Å². The molecule has 0 atom stereocenters. The van der Waals surface area contributed by atoms with Gasteiger partial charge in [-0.15, -0.1) is 10.2 Å². The Hall–Kier alpha value is -2.93. The average Bonchev–Trinajstić information content (AvgIpc) is 3.45. The molecule has 6 nitrogen and oxygen atoms in total. The first-order valence-corrected chi connectivity index (χ1v) is 11.2. The second-order valence-electron chi connectivity index (χ2n) is 7.13. The van der Waals surface area contributed by atoms with Crippen molar-refractivity contribution in [2.75, 3.05) is 12.3 Å². The van der Waals surface area contributed by atoms with Crippen LogP contribution < -0.4 is 0 Å². The summed E-state index contributed by atoms with van der Waals surface area (Å²) in [4.78, 5) is 19.0. The molecule has 0 fully saturated rings. The Kier molecular flexibility index (Phi) is 6.59. The van der Waals surface area contributed by atoms with Gasteiger partial charge in [0.1, 0.15) is 0 Å². The quantitative estimate of drug-likeness (QED) is 0.507. The van der Waals surface area contributed by atoms with Crippen molar-refractivity contribution in [2.45, 2.75) is 37.9 Å². The first kappa shape index (κ1) is 20.3. The third kappa shape index (κ3) is 4.62. The van der Waals surface area contributed by atoms with Gasteiger partial charge >= 0.3 is 0 Å². The molecule has 0 unspecified atom stereocenters. The molecule has 1 aliphatic carbocycles. The van der Waals surface area contributed by atoms with Gasteiger partial charge in [-0.25, -0.2) is 0 Å². The Morgan fingerprint density at radius 3 is 2.73 bits per heavy atom. The molecule has 1 aromatic carbocycles. The summed E-state index contributed by atoms with van der Waals surface area (Å²) in [6, 6.07) is 14.1. The minimum atomic E-state index is 0.118. The summed E-state index contributed by atoms with van der Waals surface area (Å²) in [5, 5.41) is 9.56. The molecule has 1 amide bonds. The monoisotopic (exact) mass is 419 g/mol. The topological polar surface area (TPSA) is 63.9 Å². The number of nitrogens with zero attached hydrogens (tertiary/aromatic N) is 5. The third-order valence-corrected chi connectivity index (χ3v) is 6.08. The zero-order valence-corrected chi connectivity index (χ0v) is 17.9. The second kappa shape index (κ2) is 9.71. The molecule has 0 radical (unpaired) electrons. The maximum absolute atomic E-state index is 12.9. The van der Waals surface area contributed by atoms with Crippen molar-refractivity contribution in [3.8, 4) is 11.4 Å². The number of pyridine rings is 1. The van der Waals surface area contributed by atoms with Gasteiger partial charge in [0, 0.05) is 30.2 Å². The van der Waals surface area contributed by atoms with Gasteiger partial charge in [-0.05, 0) is 43.9 Å². The van der Waals surface area contributed by atoms with E-state index in [-0.39, 0.29) is 5.91 Å². The van der Waals surface area contributed by atoms with Crippen LogP contribution in [0.15, 0.2) is 71.8 Å². The maximum atomic E-state index is 12.9. The lowest BCUT2D eigenvalue weighted by molar-refractivity contribution is -0.126. The van der Waals surface area contributed by atoms with Crippen LogP contribution in [0.4, 0.5) is 0 Å². The molecule has 30 heavy (non-hydrogen) atoms. The van der Waals surface area contributed by atoms with E-state index in [0.29, 0.717) is 18.8 Å².